The van der Waals surface area contributed by atoms with Crippen LogP contribution >= 0.6 is 12.2 Å². The van der Waals surface area contributed by atoms with Gasteiger partial charge in [0.15, 0.2) is 16.6 Å². The van der Waals surface area contributed by atoms with E-state index in [1.165, 1.54) is 43.9 Å². The SMILES string of the molecule is [C-]#[N+]c1ccc(N2C(=O)C(C)(C)N(c3ccc(C(C)=O)c(F)c3)C2=S)cc1C(F)(F)F. The van der Waals surface area contributed by atoms with Gasteiger partial charge in [-0.15, -0.1) is 0 Å². The van der Waals surface area contributed by atoms with E-state index in [-0.39, 0.29) is 22.1 Å². The van der Waals surface area contributed by atoms with Gasteiger partial charge in [-0.2, -0.15) is 13.2 Å². The summed E-state index contributed by atoms with van der Waals surface area (Å²) in [5, 5.41) is -0.159. The lowest BCUT2D eigenvalue weighted by Crippen LogP contribution is -2.44. The molecule has 2 aromatic rings. The Hall–Kier alpha value is -3.32. The van der Waals surface area contributed by atoms with Crippen LogP contribution in [0.25, 0.3) is 4.85 Å². The predicted octanol–water partition coefficient (Wildman–Crippen LogP) is 5.51. The highest BCUT2D eigenvalue weighted by Gasteiger charge is 2.50. The second-order valence-electron chi connectivity index (χ2n) is 7.35. The number of carbonyl (C=O) groups is 2. The quantitative estimate of drug-likeness (QED) is 0.268. The van der Waals surface area contributed by atoms with Crippen LogP contribution in [0.15, 0.2) is 36.4 Å². The topological polar surface area (TPSA) is 45.0 Å². The Kier molecular flexibility index (Phi) is 5.36. The average molecular weight is 449 g/mol. The summed E-state index contributed by atoms with van der Waals surface area (Å²) in [5.41, 5.74) is -3.28. The minimum absolute atomic E-state index is 0.139. The number of ketones is 1. The summed E-state index contributed by atoms with van der Waals surface area (Å²) in [5.74, 6) is -1.92. The van der Waals surface area contributed by atoms with Gasteiger partial charge in [-0.1, -0.05) is 6.07 Å². The molecular weight excluding hydrogens is 434 g/mol. The van der Waals surface area contributed by atoms with Crippen molar-refractivity contribution in [2.75, 3.05) is 9.80 Å². The van der Waals surface area contributed by atoms with Gasteiger partial charge in [-0.3, -0.25) is 14.5 Å². The van der Waals surface area contributed by atoms with Crippen molar-refractivity contribution in [3.8, 4) is 0 Å². The second kappa shape index (κ2) is 7.42. The Bertz CT molecular complexity index is 1170. The zero-order chi connectivity index (χ0) is 23.3. The molecule has 0 bridgehead atoms. The molecule has 2 aromatic carbocycles. The van der Waals surface area contributed by atoms with Crippen LogP contribution < -0.4 is 9.80 Å². The normalized spacial score (nSPS) is 15.9. The molecule has 0 atom stereocenters. The van der Waals surface area contributed by atoms with Crippen LogP contribution in [-0.4, -0.2) is 22.3 Å². The van der Waals surface area contributed by atoms with Crippen molar-refractivity contribution in [2.45, 2.75) is 32.5 Å². The van der Waals surface area contributed by atoms with Gasteiger partial charge in [0.1, 0.15) is 11.4 Å². The molecule has 0 unspecified atom stereocenters. The first-order valence-electron chi connectivity index (χ1n) is 8.88. The average Bonchev–Trinajstić information content (AvgIpc) is 2.84. The number of halogens is 4. The number of alkyl halides is 3. The monoisotopic (exact) mass is 449 g/mol. The summed E-state index contributed by atoms with van der Waals surface area (Å²) in [6, 6.07) is 6.57. The minimum Gasteiger partial charge on any atom is -0.303 e. The maximum atomic E-state index is 14.4. The Balaban J connectivity index is 2.12. The van der Waals surface area contributed by atoms with Crippen molar-refractivity contribution in [1.29, 1.82) is 0 Å². The lowest BCUT2D eigenvalue weighted by Gasteiger charge is -2.29. The van der Waals surface area contributed by atoms with Gasteiger partial charge >= 0.3 is 6.18 Å². The van der Waals surface area contributed by atoms with Crippen molar-refractivity contribution in [3.63, 3.8) is 0 Å². The Morgan fingerprint density at radius 1 is 1.13 bits per heavy atom. The molecule has 1 aliphatic rings. The first-order valence-corrected chi connectivity index (χ1v) is 9.29. The van der Waals surface area contributed by atoms with Gasteiger partial charge in [-0.05, 0) is 63.3 Å². The van der Waals surface area contributed by atoms with Gasteiger partial charge in [0.25, 0.3) is 5.91 Å². The van der Waals surface area contributed by atoms with Crippen molar-refractivity contribution < 1.29 is 27.2 Å². The number of nitrogens with zero attached hydrogens (tertiary/aromatic N) is 3. The highest BCUT2D eigenvalue weighted by Crippen LogP contribution is 2.42. The van der Waals surface area contributed by atoms with E-state index in [1.54, 1.807) is 0 Å². The summed E-state index contributed by atoms with van der Waals surface area (Å²) in [4.78, 5) is 29.7. The molecule has 0 aromatic heterocycles. The summed E-state index contributed by atoms with van der Waals surface area (Å²) in [6.45, 7) is 11.2. The summed E-state index contributed by atoms with van der Waals surface area (Å²) in [6.07, 6.45) is -4.80. The molecule has 1 heterocycles. The van der Waals surface area contributed by atoms with E-state index in [2.05, 4.69) is 4.85 Å². The number of rotatable bonds is 3. The third-order valence-electron chi connectivity index (χ3n) is 4.92. The van der Waals surface area contributed by atoms with E-state index < -0.39 is 40.5 Å². The van der Waals surface area contributed by atoms with Gasteiger partial charge in [0.05, 0.1) is 17.7 Å². The van der Waals surface area contributed by atoms with E-state index in [0.717, 1.165) is 17.0 Å². The van der Waals surface area contributed by atoms with Crippen LogP contribution in [0.2, 0.25) is 0 Å². The zero-order valence-electron chi connectivity index (χ0n) is 16.5. The summed E-state index contributed by atoms with van der Waals surface area (Å²) >= 11 is 5.38. The van der Waals surface area contributed by atoms with Gasteiger partial charge in [0, 0.05) is 11.4 Å². The number of Topliss-reactive ketones (excluding diaryl/α,β-unsaturated/α-hetero) is 1. The maximum absolute atomic E-state index is 14.4. The molecule has 160 valence electrons. The number of anilines is 2. The number of hydrogen-bond donors (Lipinski definition) is 0. The fourth-order valence-electron chi connectivity index (χ4n) is 3.37. The number of benzene rings is 2. The molecule has 31 heavy (non-hydrogen) atoms. The van der Waals surface area contributed by atoms with Crippen LogP contribution in [0.3, 0.4) is 0 Å². The minimum atomic E-state index is -4.80. The first-order chi connectivity index (χ1) is 14.3. The molecule has 5 nitrogen and oxygen atoms in total. The number of amides is 1. The van der Waals surface area contributed by atoms with Crippen LogP contribution in [0.4, 0.5) is 34.6 Å². The van der Waals surface area contributed by atoms with Crippen LogP contribution in [0.5, 0.6) is 0 Å². The molecule has 0 aliphatic carbocycles. The van der Waals surface area contributed by atoms with Gasteiger partial charge in [0.2, 0.25) is 0 Å². The standard InChI is InChI=1S/C21H15F4N3O2S/c1-11(29)14-7-5-13(10-16(14)22)28-19(31)27(18(30)20(28,2)3)12-6-8-17(26-4)15(9-12)21(23,24)25/h5-10H,1-3H3. The van der Waals surface area contributed by atoms with E-state index in [1.807, 2.05) is 0 Å². The summed E-state index contributed by atoms with van der Waals surface area (Å²) in [7, 11) is 0. The smallest absolute Gasteiger partial charge is 0.303 e. The van der Waals surface area contributed by atoms with E-state index in [0.29, 0.717) is 6.07 Å². The van der Waals surface area contributed by atoms with Crippen molar-refractivity contribution in [1.82, 2.24) is 0 Å². The summed E-state index contributed by atoms with van der Waals surface area (Å²) < 4.78 is 54.5. The first kappa shape index (κ1) is 22.4. The van der Waals surface area contributed by atoms with Crippen molar-refractivity contribution in [3.05, 3.63) is 64.8 Å². The fourth-order valence-corrected chi connectivity index (χ4v) is 3.89. The lowest BCUT2D eigenvalue weighted by atomic mass is 10.0. The largest absolute Gasteiger partial charge is 0.407 e. The molecular formula is C21H15F4N3O2S. The molecule has 3 rings (SSSR count). The van der Waals surface area contributed by atoms with E-state index in [4.69, 9.17) is 18.8 Å². The van der Waals surface area contributed by atoms with Crippen molar-refractivity contribution in [2.24, 2.45) is 0 Å². The molecule has 1 fully saturated rings. The third kappa shape index (κ3) is 3.65. The number of thiocarbonyl (C=S) groups is 1. The highest BCUT2D eigenvalue weighted by atomic mass is 32.1. The van der Waals surface area contributed by atoms with Crippen molar-refractivity contribution >= 4 is 46.1 Å². The Labute approximate surface area is 180 Å². The predicted molar refractivity (Wildman–Crippen MR) is 111 cm³/mol. The number of hydrogen-bond acceptors (Lipinski definition) is 3. The molecule has 1 amide bonds. The zero-order valence-corrected chi connectivity index (χ0v) is 17.4. The Morgan fingerprint density at radius 2 is 1.74 bits per heavy atom. The van der Waals surface area contributed by atoms with Crippen LogP contribution in [0, 0.1) is 12.4 Å². The molecule has 0 radical (unpaired) electrons. The van der Waals surface area contributed by atoms with Gasteiger partial charge < -0.3 is 4.90 Å². The van der Waals surface area contributed by atoms with E-state index >= 15 is 0 Å². The van der Waals surface area contributed by atoms with Gasteiger partial charge in [-0.25, -0.2) is 9.24 Å². The van der Waals surface area contributed by atoms with E-state index in [9.17, 15) is 27.2 Å². The molecule has 0 saturated carbocycles. The fraction of sp³-hybridized carbons (Fsp3) is 0.238. The second-order valence-corrected chi connectivity index (χ2v) is 7.71. The Morgan fingerprint density at radius 3 is 2.26 bits per heavy atom. The lowest BCUT2D eigenvalue weighted by molar-refractivity contribution is -0.136. The maximum Gasteiger partial charge on any atom is 0.407 e. The number of carbonyl (C=O) groups excluding carboxylic acids is 2. The third-order valence-corrected chi connectivity index (χ3v) is 5.29. The van der Waals surface area contributed by atoms with Crippen LogP contribution in [0.1, 0.15) is 36.7 Å². The molecule has 0 spiro atoms. The molecule has 1 aliphatic heterocycles. The highest BCUT2D eigenvalue weighted by molar-refractivity contribution is 7.81. The molecule has 10 heteroatoms. The molecule has 0 N–H and O–H groups in total. The van der Waals surface area contributed by atoms with Crippen LogP contribution in [-0.2, 0) is 11.0 Å². The molecule has 1 saturated heterocycles.